The van der Waals surface area contributed by atoms with Crippen LogP contribution in [0.25, 0.3) is 21.7 Å². The third-order valence-electron chi connectivity index (χ3n) is 4.30. The van der Waals surface area contributed by atoms with E-state index in [4.69, 9.17) is 16.6 Å². The minimum atomic E-state index is -0.178. The number of amides is 1. The number of halogens is 1. The summed E-state index contributed by atoms with van der Waals surface area (Å²) in [6, 6.07) is 25.0. The number of carbonyl (C=O) groups excluding carboxylic acids is 1. The van der Waals surface area contributed by atoms with Gasteiger partial charge in [0, 0.05) is 16.1 Å². The van der Waals surface area contributed by atoms with Gasteiger partial charge in [0.15, 0.2) is 5.13 Å². The van der Waals surface area contributed by atoms with E-state index in [-0.39, 0.29) is 5.91 Å². The number of aryl methyl sites for hydroxylation is 1. The van der Waals surface area contributed by atoms with Gasteiger partial charge in [0.1, 0.15) is 0 Å². The summed E-state index contributed by atoms with van der Waals surface area (Å²) in [7, 11) is 0. The Kier molecular flexibility index (Phi) is 5.24. The normalized spacial score (nSPS) is 10.6. The lowest BCUT2D eigenvalue weighted by Crippen LogP contribution is -2.11. The number of thiazole rings is 1. The lowest BCUT2D eigenvalue weighted by Gasteiger charge is -2.04. The van der Waals surface area contributed by atoms with Crippen LogP contribution in [-0.2, 0) is 0 Å². The number of hydrogen-bond acceptors (Lipinski definition) is 3. The molecule has 0 aliphatic carbocycles. The van der Waals surface area contributed by atoms with Gasteiger partial charge in [0.05, 0.1) is 10.6 Å². The average molecular weight is 405 g/mol. The summed E-state index contributed by atoms with van der Waals surface area (Å²) in [6.45, 7) is 2.06. The Labute approximate surface area is 172 Å². The lowest BCUT2D eigenvalue weighted by atomic mass is 10.1. The molecule has 5 heteroatoms. The second-order valence-corrected chi connectivity index (χ2v) is 7.83. The number of aromatic nitrogens is 1. The number of anilines is 1. The molecular formula is C23H17ClN2OS. The van der Waals surface area contributed by atoms with Crippen molar-refractivity contribution in [3.8, 4) is 21.7 Å². The molecule has 1 N–H and O–H groups in total. The van der Waals surface area contributed by atoms with Crippen LogP contribution in [0.15, 0.2) is 78.9 Å². The zero-order valence-electron chi connectivity index (χ0n) is 15.1. The Morgan fingerprint density at radius 1 is 0.929 bits per heavy atom. The van der Waals surface area contributed by atoms with E-state index in [1.807, 2.05) is 42.5 Å². The molecule has 28 heavy (non-hydrogen) atoms. The van der Waals surface area contributed by atoms with Gasteiger partial charge in [-0.3, -0.25) is 10.1 Å². The first kappa shape index (κ1) is 18.4. The van der Waals surface area contributed by atoms with E-state index in [2.05, 4.69) is 36.5 Å². The smallest absolute Gasteiger partial charge is 0.257 e. The fourth-order valence-electron chi connectivity index (χ4n) is 2.86. The molecule has 1 amide bonds. The second kappa shape index (κ2) is 7.97. The zero-order chi connectivity index (χ0) is 19.5. The number of nitrogens with one attached hydrogen (secondary N) is 1. The van der Waals surface area contributed by atoms with Crippen LogP contribution in [0, 0.1) is 6.92 Å². The Morgan fingerprint density at radius 2 is 1.68 bits per heavy atom. The highest BCUT2D eigenvalue weighted by molar-refractivity contribution is 7.19. The fourth-order valence-corrected chi connectivity index (χ4v) is 4.04. The van der Waals surface area contributed by atoms with Crippen molar-refractivity contribution in [2.45, 2.75) is 6.92 Å². The summed E-state index contributed by atoms with van der Waals surface area (Å²) >= 11 is 7.65. The van der Waals surface area contributed by atoms with Gasteiger partial charge in [-0.15, -0.1) is 0 Å². The third kappa shape index (κ3) is 3.98. The molecule has 0 spiro atoms. The van der Waals surface area contributed by atoms with E-state index in [1.165, 1.54) is 16.9 Å². The summed E-state index contributed by atoms with van der Waals surface area (Å²) in [4.78, 5) is 18.2. The van der Waals surface area contributed by atoms with Crippen molar-refractivity contribution >= 4 is 34.0 Å². The van der Waals surface area contributed by atoms with Crippen molar-refractivity contribution in [3.63, 3.8) is 0 Å². The highest BCUT2D eigenvalue weighted by Crippen LogP contribution is 2.39. The maximum absolute atomic E-state index is 12.5. The quantitative estimate of drug-likeness (QED) is 0.411. The third-order valence-corrected chi connectivity index (χ3v) is 5.55. The van der Waals surface area contributed by atoms with Gasteiger partial charge in [0.25, 0.3) is 5.91 Å². The van der Waals surface area contributed by atoms with Gasteiger partial charge >= 0.3 is 0 Å². The van der Waals surface area contributed by atoms with E-state index in [0.717, 1.165) is 21.7 Å². The minimum absolute atomic E-state index is 0.178. The summed E-state index contributed by atoms with van der Waals surface area (Å²) in [5, 5.41) is 4.12. The van der Waals surface area contributed by atoms with E-state index in [0.29, 0.717) is 15.7 Å². The van der Waals surface area contributed by atoms with Crippen LogP contribution in [0.5, 0.6) is 0 Å². The molecule has 0 saturated carbocycles. The molecule has 0 unspecified atom stereocenters. The number of rotatable bonds is 4. The predicted molar refractivity (Wildman–Crippen MR) is 117 cm³/mol. The van der Waals surface area contributed by atoms with E-state index in [9.17, 15) is 4.79 Å². The van der Waals surface area contributed by atoms with Crippen molar-refractivity contribution in [3.05, 3.63) is 95.0 Å². The maximum atomic E-state index is 12.5. The summed E-state index contributed by atoms with van der Waals surface area (Å²) in [5.74, 6) is -0.178. The van der Waals surface area contributed by atoms with Gasteiger partial charge in [-0.05, 0) is 36.8 Å². The zero-order valence-corrected chi connectivity index (χ0v) is 16.7. The Bertz CT molecular complexity index is 1120. The van der Waals surface area contributed by atoms with Crippen molar-refractivity contribution in [1.82, 2.24) is 4.98 Å². The summed E-state index contributed by atoms with van der Waals surface area (Å²) < 4.78 is 0. The van der Waals surface area contributed by atoms with Gasteiger partial charge < -0.3 is 0 Å². The molecule has 1 aromatic heterocycles. The molecule has 1 heterocycles. The molecule has 0 fully saturated rings. The highest BCUT2D eigenvalue weighted by atomic mass is 35.5. The molecule has 0 saturated heterocycles. The van der Waals surface area contributed by atoms with Gasteiger partial charge in [0.2, 0.25) is 0 Å². The van der Waals surface area contributed by atoms with Crippen molar-refractivity contribution < 1.29 is 4.79 Å². The van der Waals surface area contributed by atoms with Crippen LogP contribution in [0.4, 0.5) is 5.13 Å². The summed E-state index contributed by atoms with van der Waals surface area (Å²) in [5.41, 5.74) is 4.56. The van der Waals surface area contributed by atoms with Crippen LogP contribution >= 0.6 is 22.9 Å². The first-order valence-electron chi connectivity index (χ1n) is 8.80. The van der Waals surface area contributed by atoms with Gasteiger partial charge in [-0.25, -0.2) is 4.98 Å². The van der Waals surface area contributed by atoms with Crippen LogP contribution < -0.4 is 5.32 Å². The standard InChI is InChI=1S/C23H17ClN2OS/c1-15-10-12-16(13-11-15)21-20(18-8-5-9-19(24)14-18)25-23(28-21)26-22(27)17-6-3-2-4-7-17/h2-14H,1H3,(H,25,26,27). The van der Waals surface area contributed by atoms with Gasteiger partial charge in [-0.1, -0.05) is 83.1 Å². The predicted octanol–water partition coefficient (Wildman–Crippen LogP) is 6.69. The number of hydrogen-bond donors (Lipinski definition) is 1. The van der Waals surface area contributed by atoms with E-state index in [1.54, 1.807) is 12.1 Å². The van der Waals surface area contributed by atoms with Crippen LogP contribution in [0.1, 0.15) is 15.9 Å². The molecule has 4 aromatic rings. The lowest BCUT2D eigenvalue weighted by molar-refractivity contribution is 0.102. The number of benzene rings is 3. The number of nitrogens with zero attached hydrogens (tertiary/aromatic N) is 1. The van der Waals surface area contributed by atoms with Crippen LogP contribution in [0.2, 0.25) is 5.02 Å². The molecule has 0 atom stereocenters. The van der Waals surface area contributed by atoms with E-state index >= 15 is 0 Å². The van der Waals surface area contributed by atoms with E-state index < -0.39 is 0 Å². The van der Waals surface area contributed by atoms with Crippen LogP contribution in [0.3, 0.4) is 0 Å². The highest BCUT2D eigenvalue weighted by Gasteiger charge is 2.17. The van der Waals surface area contributed by atoms with Crippen molar-refractivity contribution in [2.75, 3.05) is 5.32 Å². The minimum Gasteiger partial charge on any atom is -0.298 e. The molecule has 0 radical (unpaired) electrons. The first-order chi connectivity index (χ1) is 13.6. The molecule has 138 valence electrons. The Morgan fingerprint density at radius 3 is 2.39 bits per heavy atom. The SMILES string of the molecule is Cc1ccc(-c2sc(NC(=O)c3ccccc3)nc2-c2cccc(Cl)c2)cc1. The van der Waals surface area contributed by atoms with Crippen molar-refractivity contribution in [1.29, 1.82) is 0 Å². The van der Waals surface area contributed by atoms with Crippen molar-refractivity contribution in [2.24, 2.45) is 0 Å². The van der Waals surface area contributed by atoms with Crippen LogP contribution in [-0.4, -0.2) is 10.9 Å². The molecule has 0 bridgehead atoms. The topological polar surface area (TPSA) is 42.0 Å². The average Bonchev–Trinajstić information content (AvgIpc) is 3.13. The van der Waals surface area contributed by atoms with Gasteiger partial charge in [-0.2, -0.15) is 0 Å². The number of carbonyl (C=O) groups is 1. The Hall–Kier alpha value is -2.95. The molecule has 4 rings (SSSR count). The first-order valence-corrected chi connectivity index (χ1v) is 10.00. The summed E-state index contributed by atoms with van der Waals surface area (Å²) in [6.07, 6.45) is 0. The molecule has 0 aliphatic rings. The fraction of sp³-hybridized carbons (Fsp3) is 0.0435. The molecule has 0 aliphatic heterocycles. The Balaban J connectivity index is 1.75. The molecular weight excluding hydrogens is 388 g/mol. The second-order valence-electron chi connectivity index (χ2n) is 6.39. The monoisotopic (exact) mass is 404 g/mol. The molecule has 3 nitrogen and oxygen atoms in total. The largest absolute Gasteiger partial charge is 0.298 e. The molecule has 3 aromatic carbocycles. The maximum Gasteiger partial charge on any atom is 0.257 e.